The molecule has 1 aliphatic carbocycles. The van der Waals surface area contributed by atoms with Crippen molar-refractivity contribution in [2.24, 2.45) is 11.8 Å². The molecule has 0 aromatic rings. The van der Waals surface area contributed by atoms with Gasteiger partial charge in [0.1, 0.15) is 0 Å². The lowest BCUT2D eigenvalue weighted by Crippen LogP contribution is -2.40. The quantitative estimate of drug-likeness (QED) is 0.764. The summed E-state index contributed by atoms with van der Waals surface area (Å²) in [4.78, 5) is 13.9. The molecule has 1 N–H and O–H groups in total. The Morgan fingerprint density at radius 2 is 2.27 bits per heavy atom. The number of rotatable bonds is 4. The van der Waals surface area contributed by atoms with E-state index in [4.69, 9.17) is 0 Å². The number of nitrogens with one attached hydrogen (secondary N) is 1. The first kappa shape index (κ1) is 10.9. The SMILES string of the molecule is CCC1CC1N1C(=O)CNC1CC(C)C. The van der Waals surface area contributed by atoms with Crippen molar-refractivity contribution in [3.05, 3.63) is 0 Å². The average Bonchev–Trinajstić information content (AvgIpc) is 2.86. The van der Waals surface area contributed by atoms with Crippen molar-refractivity contribution in [2.45, 2.75) is 52.2 Å². The zero-order valence-electron chi connectivity index (χ0n) is 9.99. The topological polar surface area (TPSA) is 32.3 Å². The van der Waals surface area contributed by atoms with Crippen molar-refractivity contribution >= 4 is 5.91 Å². The standard InChI is InChI=1S/C12H22N2O/c1-4-9-6-10(9)14-11(5-8(2)3)13-7-12(14)15/h8-11,13H,4-7H2,1-3H3. The molecule has 3 atom stereocenters. The van der Waals surface area contributed by atoms with Gasteiger partial charge in [0, 0.05) is 6.04 Å². The fraction of sp³-hybridized carbons (Fsp3) is 0.917. The Hall–Kier alpha value is -0.570. The molecule has 2 aliphatic rings. The summed E-state index contributed by atoms with van der Waals surface area (Å²) in [6.45, 7) is 7.19. The third kappa shape index (κ3) is 2.17. The van der Waals surface area contributed by atoms with E-state index >= 15 is 0 Å². The summed E-state index contributed by atoms with van der Waals surface area (Å²) >= 11 is 0. The van der Waals surface area contributed by atoms with Crippen molar-refractivity contribution in [3.63, 3.8) is 0 Å². The van der Waals surface area contributed by atoms with E-state index in [0.29, 0.717) is 30.6 Å². The lowest BCUT2D eigenvalue weighted by atomic mass is 10.1. The Kier molecular flexibility index (Phi) is 3.01. The first-order chi connectivity index (χ1) is 7.13. The van der Waals surface area contributed by atoms with Crippen molar-refractivity contribution in [1.29, 1.82) is 0 Å². The summed E-state index contributed by atoms with van der Waals surface area (Å²) in [5.74, 6) is 1.72. The molecule has 3 heteroatoms. The van der Waals surface area contributed by atoms with E-state index in [1.54, 1.807) is 0 Å². The summed E-state index contributed by atoms with van der Waals surface area (Å²) in [6, 6.07) is 0.543. The van der Waals surface area contributed by atoms with Crippen LogP contribution in [-0.4, -0.2) is 29.6 Å². The van der Waals surface area contributed by atoms with Crippen LogP contribution >= 0.6 is 0 Å². The summed E-state index contributed by atoms with van der Waals surface area (Å²) in [6.07, 6.45) is 3.82. The molecule has 1 amide bonds. The molecule has 0 spiro atoms. The van der Waals surface area contributed by atoms with Crippen molar-refractivity contribution in [1.82, 2.24) is 10.2 Å². The number of carbonyl (C=O) groups excluding carboxylic acids is 1. The third-order valence-electron chi connectivity index (χ3n) is 3.57. The second kappa shape index (κ2) is 4.12. The van der Waals surface area contributed by atoms with Gasteiger partial charge < -0.3 is 4.90 Å². The Labute approximate surface area is 92.2 Å². The minimum Gasteiger partial charge on any atom is -0.323 e. The Balaban J connectivity index is 1.97. The van der Waals surface area contributed by atoms with Gasteiger partial charge in [0.05, 0.1) is 12.7 Å². The van der Waals surface area contributed by atoms with Crippen LogP contribution in [0.1, 0.15) is 40.0 Å². The molecule has 15 heavy (non-hydrogen) atoms. The molecule has 0 radical (unpaired) electrons. The fourth-order valence-corrected chi connectivity index (χ4v) is 2.64. The van der Waals surface area contributed by atoms with Gasteiger partial charge in [-0.15, -0.1) is 0 Å². The molecule has 0 aromatic heterocycles. The van der Waals surface area contributed by atoms with Gasteiger partial charge in [-0.3, -0.25) is 10.1 Å². The molecule has 86 valence electrons. The molecule has 1 saturated carbocycles. The lowest BCUT2D eigenvalue weighted by molar-refractivity contribution is -0.128. The number of amides is 1. The normalized spacial score (nSPS) is 35.3. The summed E-state index contributed by atoms with van der Waals surface area (Å²) in [7, 11) is 0. The van der Waals surface area contributed by atoms with Crippen LogP contribution in [0.5, 0.6) is 0 Å². The number of carbonyl (C=O) groups is 1. The molecule has 1 saturated heterocycles. The maximum atomic E-state index is 11.8. The summed E-state index contributed by atoms with van der Waals surface area (Å²) in [5.41, 5.74) is 0. The zero-order valence-corrected chi connectivity index (χ0v) is 9.99. The van der Waals surface area contributed by atoms with Crippen LogP contribution in [0, 0.1) is 11.8 Å². The second-order valence-corrected chi connectivity index (χ2v) is 5.30. The molecule has 2 fully saturated rings. The van der Waals surface area contributed by atoms with E-state index in [2.05, 4.69) is 31.0 Å². The Bertz CT molecular complexity index is 252. The first-order valence-electron chi connectivity index (χ1n) is 6.18. The number of hydrogen-bond donors (Lipinski definition) is 1. The van der Waals surface area contributed by atoms with Gasteiger partial charge in [-0.2, -0.15) is 0 Å². The molecule has 0 aromatic carbocycles. The minimum absolute atomic E-state index is 0.305. The average molecular weight is 210 g/mol. The van der Waals surface area contributed by atoms with Crippen LogP contribution in [-0.2, 0) is 4.79 Å². The highest BCUT2D eigenvalue weighted by atomic mass is 16.2. The van der Waals surface area contributed by atoms with E-state index in [0.717, 1.165) is 12.3 Å². The van der Waals surface area contributed by atoms with Crippen molar-refractivity contribution in [2.75, 3.05) is 6.54 Å². The first-order valence-corrected chi connectivity index (χ1v) is 6.18. The van der Waals surface area contributed by atoms with Crippen LogP contribution in [0.4, 0.5) is 0 Å². The fourth-order valence-electron chi connectivity index (χ4n) is 2.64. The van der Waals surface area contributed by atoms with E-state index in [1.807, 2.05) is 0 Å². The molecule has 3 unspecified atom stereocenters. The smallest absolute Gasteiger partial charge is 0.238 e. The van der Waals surface area contributed by atoms with Crippen molar-refractivity contribution < 1.29 is 4.79 Å². The molecule has 0 bridgehead atoms. The third-order valence-corrected chi connectivity index (χ3v) is 3.57. The van der Waals surface area contributed by atoms with Crippen LogP contribution in [0.3, 0.4) is 0 Å². The van der Waals surface area contributed by atoms with E-state index in [1.165, 1.54) is 12.8 Å². The predicted molar refractivity (Wildman–Crippen MR) is 60.3 cm³/mol. The van der Waals surface area contributed by atoms with Gasteiger partial charge in [0.2, 0.25) is 5.91 Å². The van der Waals surface area contributed by atoms with Gasteiger partial charge in [-0.1, -0.05) is 27.2 Å². The van der Waals surface area contributed by atoms with E-state index < -0.39 is 0 Å². The van der Waals surface area contributed by atoms with Gasteiger partial charge >= 0.3 is 0 Å². The molecule has 1 aliphatic heterocycles. The predicted octanol–water partition coefficient (Wildman–Crippen LogP) is 1.59. The monoisotopic (exact) mass is 210 g/mol. The summed E-state index contributed by atoms with van der Waals surface area (Å²) < 4.78 is 0. The Morgan fingerprint density at radius 3 is 2.80 bits per heavy atom. The van der Waals surface area contributed by atoms with Gasteiger partial charge in [-0.25, -0.2) is 0 Å². The van der Waals surface area contributed by atoms with E-state index in [-0.39, 0.29) is 0 Å². The maximum Gasteiger partial charge on any atom is 0.238 e. The van der Waals surface area contributed by atoms with E-state index in [9.17, 15) is 4.79 Å². The highest BCUT2D eigenvalue weighted by molar-refractivity contribution is 5.81. The molecular weight excluding hydrogens is 188 g/mol. The van der Waals surface area contributed by atoms with Gasteiger partial charge in [-0.05, 0) is 24.7 Å². The molecular formula is C12H22N2O. The Morgan fingerprint density at radius 1 is 1.53 bits per heavy atom. The number of nitrogens with zero attached hydrogens (tertiary/aromatic N) is 1. The maximum absolute atomic E-state index is 11.8. The van der Waals surface area contributed by atoms with Crippen LogP contribution in [0.25, 0.3) is 0 Å². The van der Waals surface area contributed by atoms with Gasteiger partial charge in [0.25, 0.3) is 0 Å². The minimum atomic E-state index is 0.305. The molecule has 1 heterocycles. The van der Waals surface area contributed by atoms with Crippen LogP contribution < -0.4 is 5.32 Å². The highest BCUT2D eigenvalue weighted by Gasteiger charge is 2.47. The molecule has 2 rings (SSSR count). The lowest BCUT2D eigenvalue weighted by Gasteiger charge is -2.26. The second-order valence-electron chi connectivity index (χ2n) is 5.30. The highest BCUT2D eigenvalue weighted by Crippen LogP contribution is 2.40. The largest absolute Gasteiger partial charge is 0.323 e. The summed E-state index contributed by atoms with van der Waals surface area (Å²) in [5, 5.41) is 3.33. The van der Waals surface area contributed by atoms with Gasteiger partial charge in [0.15, 0.2) is 0 Å². The van der Waals surface area contributed by atoms with Crippen molar-refractivity contribution in [3.8, 4) is 0 Å². The number of hydrogen-bond acceptors (Lipinski definition) is 2. The zero-order chi connectivity index (χ0) is 11.0. The van der Waals surface area contributed by atoms with Crippen LogP contribution in [0.2, 0.25) is 0 Å². The molecule has 3 nitrogen and oxygen atoms in total. The van der Waals surface area contributed by atoms with Crippen LogP contribution in [0.15, 0.2) is 0 Å².